The van der Waals surface area contributed by atoms with E-state index in [2.05, 4.69) is 33.1 Å². The summed E-state index contributed by atoms with van der Waals surface area (Å²) in [5.74, 6) is 0.735. The number of hydrogen-bond acceptors (Lipinski definition) is 3. The maximum atomic E-state index is 13.0. The predicted molar refractivity (Wildman–Crippen MR) is 92.1 cm³/mol. The Balaban J connectivity index is 1.60. The minimum atomic E-state index is -0.347. The van der Waals surface area contributed by atoms with Crippen LogP contribution in [0.5, 0.6) is 5.75 Å². The maximum Gasteiger partial charge on any atom is 0.257 e. The number of ether oxygens (including phenoxy) is 1. The molecule has 0 spiro atoms. The molecule has 23 heavy (non-hydrogen) atoms. The van der Waals surface area contributed by atoms with Gasteiger partial charge in [-0.3, -0.25) is 4.79 Å². The van der Waals surface area contributed by atoms with Crippen LogP contribution in [0, 0.1) is 11.7 Å². The van der Waals surface area contributed by atoms with Gasteiger partial charge >= 0.3 is 0 Å². The highest BCUT2D eigenvalue weighted by molar-refractivity contribution is 9.10. The van der Waals surface area contributed by atoms with E-state index in [1.807, 2.05) is 0 Å². The molecule has 1 atom stereocenters. The van der Waals surface area contributed by atoms with Crippen LogP contribution in [0.2, 0.25) is 0 Å². The molecular formula is C17H24BrFN2O2. The van der Waals surface area contributed by atoms with Crippen LogP contribution < -0.4 is 10.1 Å². The zero-order valence-electron chi connectivity index (χ0n) is 13.5. The average molecular weight is 387 g/mol. The number of hydrogen-bond donors (Lipinski definition) is 1. The highest BCUT2D eigenvalue weighted by Gasteiger charge is 2.15. The minimum Gasteiger partial charge on any atom is -0.483 e. The first-order valence-electron chi connectivity index (χ1n) is 8.11. The molecule has 4 nitrogen and oxygen atoms in total. The molecule has 1 aliphatic rings. The van der Waals surface area contributed by atoms with Gasteiger partial charge in [0.2, 0.25) is 0 Å². The Morgan fingerprint density at radius 2 is 2.35 bits per heavy atom. The smallest absolute Gasteiger partial charge is 0.257 e. The number of likely N-dealkylation sites (tertiary alicyclic amines) is 1. The van der Waals surface area contributed by atoms with Crippen molar-refractivity contribution in [3.63, 3.8) is 0 Å². The molecule has 6 heteroatoms. The van der Waals surface area contributed by atoms with Crippen molar-refractivity contribution < 1.29 is 13.9 Å². The van der Waals surface area contributed by atoms with Gasteiger partial charge in [0.25, 0.3) is 5.91 Å². The predicted octanol–water partition coefficient (Wildman–Crippen LogP) is 3.21. The Kier molecular flexibility index (Phi) is 7.30. The lowest BCUT2D eigenvalue weighted by Crippen LogP contribution is -2.37. The van der Waals surface area contributed by atoms with E-state index in [1.165, 1.54) is 37.6 Å². The molecule has 0 aliphatic carbocycles. The molecule has 1 aromatic rings. The molecule has 1 saturated heterocycles. The molecule has 0 saturated carbocycles. The second kappa shape index (κ2) is 9.23. The van der Waals surface area contributed by atoms with Gasteiger partial charge in [-0.25, -0.2) is 4.39 Å². The molecule has 1 heterocycles. The van der Waals surface area contributed by atoms with Crippen LogP contribution in [0.1, 0.15) is 26.2 Å². The Morgan fingerprint density at radius 3 is 3.09 bits per heavy atom. The second-order valence-electron chi connectivity index (χ2n) is 6.11. The Hall–Kier alpha value is -1.14. The Labute approximate surface area is 145 Å². The Morgan fingerprint density at radius 1 is 1.52 bits per heavy atom. The Bertz CT molecular complexity index is 527. The number of rotatable bonds is 7. The van der Waals surface area contributed by atoms with Crippen LogP contribution in [0.4, 0.5) is 4.39 Å². The fraction of sp³-hybridized carbons (Fsp3) is 0.588. The fourth-order valence-electron chi connectivity index (χ4n) is 2.81. The lowest BCUT2D eigenvalue weighted by Gasteiger charge is -2.30. The number of nitrogens with zero attached hydrogens (tertiary/aromatic N) is 1. The largest absolute Gasteiger partial charge is 0.483 e. The van der Waals surface area contributed by atoms with Crippen LogP contribution in [0.15, 0.2) is 22.7 Å². The molecule has 1 aromatic carbocycles. The quantitative estimate of drug-likeness (QED) is 0.731. The van der Waals surface area contributed by atoms with Crippen molar-refractivity contribution in [2.75, 3.05) is 32.8 Å². The highest BCUT2D eigenvalue weighted by atomic mass is 79.9. The van der Waals surface area contributed by atoms with Gasteiger partial charge in [0.1, 0.15) is 11.6 Å². The first kappa shape index (κ1) is 18.2. The van der Waals surface area contributed by atoms with Crippen LogP contribution in [0.25, 0.3) is 0 Å². The number of nitrogens with one attached hydrogen (secondary N) is 1. The van der Waals surface area contributed by atoms with Gasteiger partial charge in [0.05, 0.1) is 4.47 Å². The zero-order valence-corrected chi connectivity index (χ0v) is 15.1. The molecule has 128 valence electrons. The first-order valence-corrected chi connectivity index (χ1v) is 8.91. The molecule has 0 aromatic heterocycles. The highest BCUT2D eigenvalue weighted by Crippen LogP contribution is 2.25. The summed E-state index contributed by atoms with van der Waals surface area (Å²) >= 11 is 3.21. The van der Waals surface area contributed by atoms with Crippen molar-refractivity contribution in [2.45, 2.75) is 26.2 Å². The first-order chi connectivity index (χ1) is 11.0. The number of benzene rings is 1. The topological polar surface area (TPSA) is 41.6 Å². The van der Waals surface area contributed by atoms with Crippen LogP contribution in [-0.4, -0.2) is 43.6 Å². The van der Waals surface area contributed by atoms with E-state index in [4.69, 9.17) is 4.74 Å². The summed E-state index contributed by atoms with van der Waals surface area (Å²) in [5.41, 5.74) is 0. The zero-order chi connectivity index (χ0) is 16.7. The summed E-state index contributed by atoms with van der Waals surface area (Å²) in [7, 11) is 0. The van der Waals surface area contributed by atoms with Gasteiger partial charge in [-0.15, -0.1) is 0 Å². The number of carbonyl (C=O) groups excluding carboxylic acids is 1. The minimum absolute atomic E-state index is 0.0645. The lowest BCUT2D eigenvalue weighted by molar-refractivity contribution is -0.123. The van der Waals surface area contributed by atoms with Crippen molar-refractivity contribution >= 4 is 21.8 Å². The van der Waals surface area contributed by atoms with Crippen molar-refractivity contribution in [1.82, 2.24) is 10.2 Å². The van der Waals surface area contributed by atoms with E-state index < -0.39 is 0 Å². The monoisotopic (exact) mass is 386 g/mol. The molecule has 1 N–H and O–H groups in total. The third-order valence-corrected chi connectivity index (χ3v) is 4.59. The lowest BCUT2D eigenvalue weighted by atomic mass is 10.0. The van der Waals surface area contributed by atoms with E-state index in [1.54, 1.807) is 0 Å². The van der Waals surface area contributed by atoms with E-state index >= 15 is 0 Å². The van der Waals surface area contributed by atoms with Crippen LogP contribution in [0.3, 0.4) is 0 Å². The average Bonchev–Trinajstić information content (AvgIpc) is 2.51. The molecule has 1 aliphatic heterocycles. The van der Waals surface area contributed by atoms with Gasteiger partial charge < -0.3 is 15.0 Å². The van der Waals surface area contributed by atoms with E-state index in [0.29, 0.717) is 16.8 Å². The van der Waals surface area contributed by atoms with Crippen LogP contribution in [-0.2, 0) is 4.79 Å². The standard InChI is InChI=1S/C17H24BrFN2O2/c1-13-4-2-8-21(11-13)9-3-7-20-17(22)12-23-16-6-5-14(19)10-15(16)18/h5-6,10,13H,2-4,7-9,11-12H2,1H3,(H,20,22)/t13-/m1/s1. The summed E-state index contributed by atoms with van der Waals surface area (Å²) in [4.78, 5) is 14.2. The van der Waals surface area contributed by atoms with Crippen LogP contribution >= 0.6 is 15.9 Å². The second-order valence-corrected chi connectivity index (χ2v) is 6.97. The van der Waals surface area contributed by atoms with Crippen molar-refractivity contribution in [1.29, 1.82) is 0 Å². The van der Waals surface area contributed by atoms with Gasteiger partial charge in [-0.05, 0) is 72.4 Å². The van der Waals surface area contributed by atoms with Crippen molar-refractivity contribution in [2.24, 2.45) is 5.92 Å². The van der Waals surface area contributed by atoms with Crippen molar-refractivity contribution in [3.8, 4) is 5.75 Å². The fourth-order valence-corrected chi connectivity index (χ4v) is 3.27. The number of amides is 1. The normalized spacial score (nSPS) is 18.7. The maximum absolute atomic E-state index is 13.0. The van der Waals surface area contributed by atoms with Gasteiger partial charge in [-0.2, -0.15) is 0 Å². The number of halogens is 2. The van der Waals surface area contributed by atoms with E-state index in [9.17, 15) is 9.18 Å². The van der Waals surface area contributed by atoms with Gasteiger partial charge in [0, 0.05) is 13.1 Å². The summed E-state index contributed by atoms with van der Waals surface area (Å²) < 4.78 is 18.8. The molecule has 0 bridgehead atoms. The molecular weight excluding hydrogens is 363 g/mol. The third-order valence-electron chi connectivity index (χ3n) is 3.97. The summed E-state index contributed by atoms with van der Waals surface area (Å²) in [6.07, 6.45) is 3.54. The number of carbonyl (C=O) groups is 1. The third kappa shape index (κ3) is 6.47. The molecule has 0 unspecified atom stereocenters. The van der Waals surface area contributed by atoms with Gasteiger partial charge in [-0.1, -0.05) is 6.92 Å². The van der Waals surface area contributed by atoms with Crippen molar-refractivity contribution in [3.05, 3.63) is 28.5 Å². The summed E-state index contributed by atoms with van der Waals surface area (Å²) in [6.45, 7) is 6.23. The van der Waals surface area contributed by atoms with E-state index in [0.717, 1.165) is 25.4 Å². The molecule has 1 amide bonds. The van der Waals surface area contributed by atoms with Gasteiger partial charge in [0.15, 0.2) is 6.61 Å². The molecule has 2 rings (SSSR count). The van der Waals surface area contributed by atoms with E-state index in [-0.39, 0.29) is 18.3 Å². The SMILES string of the molecule is C[C@@H]1CCCN(CCCNC(=O)COc2ccc(F)cc2Br)C1. The molecule has 0 radical (unpaired) electrons. The summed E-state index contributed by atoms with van der Waals surface area (Å²) in [5, 5.41) is 2.85. The molecule has 1 fully saturated rings. The summed E-state index contributed by atoms with van der Waals surface area (Å²) in [6, 6.07) is 4.12. The number of piperidine rings is 1.